The van der Waals surface area contributed by atoms with Crippen molar-refractivity contribution in [2.75, 3.05) is 11.1 Å². The molecule has 2 aromatic rings. The minimum Gasteiger partial charge on any atom is -0.368 e. The van der Waals surface area contributed by atoms with E-state index in [4.69, 9.17) is 17.3 Å². The molecule has 1 aromatic carbocycles. The lowest BCUT2D eigenvalue weighted by Crippen LogP contribution is -2.02. The van der Waals surface area contributed by atoms with Crippen LogP contribution in [0.25, 0.3) is 0 Å². The molecule has 0 saturated carbocycles. The predicted octanol–water partition coefficient (Wildman–Crippen LogP) is 3.67. The van der Waals surface area contributed by atoms with Gasteiger partial charge in [0.25, 0.3) is 0 Å². The lowest BCUT2D eigenvalue weighted by molar-refractivity contribution is 0.621. The van der Waals surface area contributed by atoms with E-state index in [2.05, 4.69) is 31.2 Å². The highest BCUT2D eigenvalue weighted by molar-refractivity contribution is 9.10. The first kappa shape index (κ1) is 13.0. The smallest absolute Gasteiger partial charge is 0.222 e. The molecule has 0 aliphatic carbocycles. The number of anilines is 3. The number of nitrogens with one attached hydrogen (secondary N) is 1. The molecule has 0 atom stereocenters. The largest absolute Gasteiger partial charge is 0.368 e. The highest BCUT2D eigenvalue weighted by Crippen LogP contribution is 2.28. The molecule has 4 nitrogen and oxygen atoms in total. The van der Waals surface area contributed by atoms with Crippen molar-refractivity contribution in [3.8, 4) is 0 Å². The molecule has 1 heterocycles. The summed E-state index contributed by atoms with van der Waals surface area (Å²) in [7, 11) is 0. The Morgan fingerprint density at radius 2 is 2.17 bits per heavy atom. The van der Waals surface area contributed by atoms with E-state index in [1.165, 1.54) is 12.3 Å². The van der Waals surface area contributed by atoms with Gasteiger partial charge in [0.1, 0.15) is 10.8 Å². The van der Waals surface area contributed by atoms with Crippen molar-refractivity contribution < 1.29 is 4.39 Å². The average Bonchev–Trinajstić information content (AvgIpc) is 2.30. The molecule has 7 heteroatoms. The number of benzene rings is 1. The van der Waals surface area contributed by atoms with Crippen molar-refractivity contribution in [1.82, 2.24) is 9.97 Å². The number of rotatable bonds is 2. The van der Waals surface area contributed by atoms with Gasteiger partial charge in [0.05, 0.1) is 10.7 Å². The molecule has 94 valence electrons. The second-order valence-corrected chi connectivity index (χ2v) is 4.89. The van der Waals surface area contributed by atoms with Crippen LogP contribution in [0.15, 0.2) is 22.8 Å². The number of nitrogen functional groups attached to an aromatic ring is 1. The summed E-state index contributed by atoms with van der Waals surface area (Å²) in [6, 6.07) is 3.02. The Bertz CT molecular complexity index is 606. The summed E-state index contributed by atoms with van der Waals surface area (Å²) in [5.41, 5.74) is 6.88. The Hall–Kier alpha value is -1.40. The van der Waals surface area contributed by atoms with Gasteiger partial charge in [-0.05, 0) is 40.5 Å². The Labute approximate surface area is 117 Å². The first-order chi connectivity index (χ1) is 8.47. The maximum Gasteiger partial charge on any atom is 0.222 e. The van der Waals surface area contributed by atoms with Gasteiger partial charge in [-0.1, -0.05) is 11.6 Å². The summed E-state index contributed by atoms with van der Waals surface area (Å²) in [6.07, 6.45) is 1.39. The normalized spacial score (nSPS) is 10.4. The number of halogens is 3. The van der Waals surface area contributed by atoms with E-state index >= 15 is 0 Å². The lowest BCUT2D eigenvalue weighted by atomic mass is 10.2. The number of hydrogen-bond acceptors (Lipinski definition) is 4. The molecule has 18 heavy (non-hydrogen) atoms. The number of aryl methyl sites for hydroxylation is 1. The van der Waals surface area contributed by atoms with Crippen LogP contribution in [-0.4, -0.2) is 9.97 Å². The van der Waals surface area contributed by atoms with Gasteiger partial charge in [-0.2, -0.15) is 4.98 Å². The molecule has 2 rings (SSSR count). The van der Waals surface area contributed by atoms with E-state index in [1.54, 1.807) is 6.07 Å². The summed E-state index contributed by atoms with van der Waals surface area (Å²) in [6.45, 7) is 1.84. The third-order valence-electron chi connectivity index (χ3n) is 2.28. The number of nitrogens with zero attached hydrogens (tertiary/aromatic N) is 2. The molecule has 0 spiro atoms. The molecule has 0 amide bonds. The van der Waals surface area contributed by atoms with E-state index in [9.17, 15) is 4.39 Å². The lowest BCUT2D eigenvalue weighted by Gasteiger charge is -2.11. The third-order valence-corrected chi connectivity index (χ3v) is 3.17. The predicted molar refractivity (Wildman–Crippen MR) is 73.6 cm³/mol. The molecule has 0 unspecified atom stereocenters. The molecule has 0 aliphatic heterocycles. The standard InChI is InChI=1S/C11H9BrClFN4/c1-5-2-6(12)8(14)3-9(5)17-10-7(13)4-16-11(15)18-10/h2-4H,1H3,(H3,15,16,17,18). The van der Waals surface area contributed by atoms with Gasteiger partial charge in [-0.15, -0.1) is 0 Å². The average molecular weight is 332 g/mol. The number of aromatic nitrogens is 2. The zero-order chi connectivity index (χ0) is 13.3. The highest BCUT2D eigenvalue weighted by atomic mass is 79.9. The van der Waals surface area contributed by atoms with Gasteiger partial charge < -0.3 is 11.1 Å². The van der Waals surface area contributed by atoms with Gasteiger partial charge in [-0.3, -0.25) is 0 Å². The summed E-state index contributed by atoms with van der Waals surface area (Å²) < 4.78 is 13.9. The molecular formula is C11H9BrClFN4. The van der Waals surface area contributed by atoms with E-state index < -0.39 is 0 Å². The zero-order valence-electron chi connectivity index (χ0n) is 9.34. The maximum atomic E-state index is 13.5. The van der Waals surface area contributed by atoms with Crippen molar-refractivity contribution >= 4 is 45.0 Å². The van der Waals surface area contributed by atoms with Gasteiger partial charge >= 0.3 is 0 Å². The molecule has 0 saturated heterocycles. The quantitative estimate of drug-likeness (QED) is 0.881. The van der Waals surface area contributed by atoms with Crippen LogP contribution in [0.5, 0.6) is 0 Å². The minimum absolute atomic E-state index is 0.0946. The van der Waals surface area contributed by atoms with Crippen LogP contribution in [0.2, 0.25) is 5.02 Å². The molecule has 0 radical (unpaired) electrons. The molecule has 1 aromatic heterocycles. The fraction of sp³-hybridized carbons (Fsp3) is 0.0909. The van der Waals surface area contributed by atoms with Crippen LogP contribution in [0, 0.1) is 12.7 Å². The second kappa shape index (κ2) is 5.07. The monoisotopic (exact) mass is 330 g/mol. The van der Waals surface area contributed by atoms with Gasteiger partial charge in [0, 0.05) is 5.69 Å². The first-order valence-corrected chi connectivity index (χ1v) is 6.15. The highest BCUT2D eigenvalue weighted by Gasteiger charge is 2.09. The van der Waals surface area contributed by atoms with Crippen LogP contribution in [-0.2, 0) is 0 Å². The topological polar surface area (TPSA) is 63.8 Å². The van der Waals surface area contributed by atoms with Crippen LogP contribution >= 0.6 is 27.5 Å². The number of hydrogen-bond donors (Lipinski definition) is 2. The third kappa shape index (κ3) is 2.70. The fourth-order valence-corrected chi connectivity index (χ4v) is 1.97. The fourth-order valence-electron chi connectivity index (χ4n) is 1.38. The molecule has 3 N–H and O–H groups in total. The van der Waals surface area contributed by atoms with Gasteiger partial charge in [0.15, 0.2) is 5.82 Å². The molecule has 0 aliphatic rings. The van der Waals surface area contributed by atoms with Gasteiger partial charge in [-0.25, -0.2) is 9.37 Å². The summed E-state index contributed by atoms with van der Waals surface area (Å²) >= 11 is 9.04. The summed E-state index contributed by atoms with van der Waals surface area (Å²) in [5, 5.41) is 3.24. The Morgan fingerprint density at radius 1 is 1.44 bits per heavy atom. The van der Waals surface area contributed by atoms with Crippen molar-refractivity contribution in [1.29, 1.82) is 0 Å². The van der Waals surface area contributed by atoms with E-state index in [-0.39, 0.29) is 11.8 Å². The van der Waals surface area contributed by atoms with Crippen LogP contribution in [0.4, 0.5) is 21.8 Å². The van der Waals surface area contributed by atoms with E-state index in [0.717, 1.165) is 5.56 Å². The van der Waals surface area contributed by atoms with Crippen LogP contribution in [0.3, 0.4) is 0 Å². The van der Waals surface area contributed by atoms with Crippen molar-refractivity contribution in [3.05, 3.63) is 39.2 Å². The summed E-state index contributed by atoms with van der Waals surface area (Å²) in [4.78, 5) is 7.70. The molecular weight excluding hydrogens is 323 g/mol. The second-order valence-electron chi connectivity index (χ2n) is 3.63. The first-order valence-electron chi connectivity index (χ1n) is 4.98. The zero-order valence-corrected chi connectivity index (χ0v) is 11.7. The van der Waals surface area contributed by atoms with Crippen molar-refractivity contribution in [3.63, 3.8) is 0 Å². The minimum atomic E-state index is -0.374. The van der Waals surface area contributed by atoms with Gasteiger partial charge in [0.2, 0.25) is 5.95 Å². The van der Waals surface area contributed by atoms with Crippen LogP contribution < -0.4 is 11.1 Å². The molecule has 0 bridgehead atoms. The van der Waals surface area contributed by atoms with E-state index in [0.29, 0.717) is 21.0 Å². The summed E-state index contributed by atoms with van der Waals surface area (Å²) in [5.74, 6) is 0.0624. The Balaban J connectivity index is 2.40. The van der Waals surface area contributed by atoms with E-state index in [1.807, 2.05) is 6.92 Å². The van der Waals surface area contributed by atoms with Crippen LogP contribution in [0.1, 0.15) is 5.56 Å². The Morgan fingerprint density at radius 3 is 2.89 bits per heavy atom. The number of nitrogens with two attached hydrogens (primary N) is 1. The molecule has 0 fully saturated rings. The van der Waals surface area contributed by atoms with Crippen molar-refractivity contribution in [2.45, 2.75) is 6.92 Å². The maximum absolute atomic E-state index is 13.5. The van der Waals surface area contributed by atoms with Crippen molar-refractivity contribution in [2.24, 2.45) is 0 Å². The Kier molecular flexibility index (Phi) is 3.68. The SMILES string of the molecule is Cc1cc(Br)c(F)cc1Nc1nc(N)ncc1Cl.